The van der Waals surface area contributed by atoms with E-state index >= 15 is 0 Å². The molecule has 0 saturated carbocycles. The summed E-state index contributed by atoms with van der Waals surface area (Å²) in [6.45, 7) is 12.2. The highest BCUT2D eigenvalue weighted by Crippen LogP contribution is 2.13. The number of morpholine rings is 1. The number of halogens is 1. The van der Waals surface area contributed by atoms with Crippen LogP contribution in [0.5, 0.6) is 5.75 Å². The molecule has 0 radical (unpaired) electrons. The van der Waals surface area contributed by atoms with Gasteiger partial charge in [-0.15, -0.1) is 24.0 Å². The maximum Gasteiger partial charge on any atom is 0.191 e. The van der Waals surface area contributed by atoms with Crippen molar-refractivity contribution in [1.29, 1.82) is 0 Å². The van der Waals surface area contributed by atoms with Gasteiger partial charge in [0, 0.05) is 32.7 Å². The monoisotopic (exact) mass is 490 g/mol. The van der Waals surface area contributed by atoms with Crippen molar-refractivity contribution in [3.63, 3.8) is 0 Å². The van der Waals surface area contributed by atoms with Gasteiger partial charge in [-0.05, 0) is 37.5 Å². The second-order valence-corrected chi connectivity index (χ2v) is 6.39. The third-order valence-electron chi connectivity index (χ3n) is 4.21. The van der Waals surface area contributed by atoms with E-state index in [-0.39, 0.29) is 24.0 Å². The van der Waals surface area contributed by atoms with Crippen LogP contribution >= 0.6 is 24.0 Å². The van der Waals surface area contributed by atoms with Gasteiger partial charge in [-0.3, -0.25) is 9.89 Å². The summed E-state index contributed by atoms with van der Waals surface area (Å²) in [7, 11) is 0. The lowest BCUT2D eigenvalue weighted by Gasteiger charge is -2.25. The van der Waals surface area contributed by atoms with Gasteiger partial charge in [0.15, 0.2) is 5.96 Å². The largest absolute Gasteiger partial charge is 0.494 e. The first-order chi connectivity index (χ1) is 12.8. The molecule has 6 nitrogen and oxygen atoms in total. The lowest BCUT2D eigenvalue weighted by atomic mass is 10.1. The molecule has 154 valence electrons. The summed E-state index contributed by atoms with van der Waals surface area (Å²) in [5, 5.41) is 6.74. The zero-order valence-electron chi connectivity index (χ0n) is 16.7. The Hall–Kier alpha value is -1.06. The first-order valence-corrected chi connectivity index (χ1v) is 9.85. The molecule has 1 heterocycles. The molecular formula is C20H35IN4O2. The lowest BCUT2D eigenvalue weighted by molar-refractivity contribution is 0.0394. The fourth-order valence-corrected chi connectivity index (χ4v) is 2.81. The van der Waals surface area contributed by atoms with Crippen LogP contribution in [0.4, 0.5) is 0 Å². The van der Waals surface area contributed by atoms with Crippen molar-refractivity contribution in [3.8, 4) is 5.75 Å². The first-order valence-electron chi connectivity index (χ1n) is 9.85. The topological polar surface area (TPSA) is 58.1 Å². The summed E-state index contributed by atoms with van der Waals surface area (Å²) < 4.78 is 11.1. The number of rotatable bonds is 10. The molecule has 1 aromatic rings. The van der Waals surface area contributed by atoms with Crippen molar-refractivity contribution in [1.82, 2.24) is 15.5 Å². The quantitative estimate of drug-likeness (QED) is 0.300. The van der Waals surface area contributed by atoms with E-state index in [2.05, 4.69) is 52.6 Å². The SMILES string of the molecule is CCCOc1cccc(CCNC(=NCCN2CCOCC2)NCC)c1.I. The molecule has 0 unspecified atom stereocenters. The molecule has 27 heavy (non-hydrogen) atoms. The molecule has 7 heteroatoms. The number of hydrogen-bond acceptors (Lipinski definition) is 4. The van der Waals surface area contributed by atoms with Crippen LogP contribution < -0.4 is 15.4 Å². The Balaban J connectivity index is 0.00000364. The van der Waals surface area contributed by atoms with E-state index in [4.69, 9.17) is 9.47 Å². The fraction of sp³-hybridized carbons (Fsp3) is 0.650. The Kier molecular flexibility index (Phi) is 13.3. The Morgan fingerprint density at radius 3 is 2.78 bits per heavy atom. The van der Waals surface area contributed by atoms with Gasteiger partial charge in [-0.25, -0.2) is 0 Å². The normalized spacial score (nSPS) is 15.1. The molecule has 1 saturated heterocycles. The maximum absolute atomic E-state index is 5.70. The van der Waals surface area contributed by atoms with Gasteiger partial charge >= 0.3 is 0 Å². The zero-order chi connectivity index (χ0) is 18.5. The van der Waals surface area contributed by atoms with Gasteiger partial charge < -0.3 is 20.1 Å². The average Bonchev–Trinajstić information content (AvgIpc) is 2.67. The smallest absolute Gasteiger partial charge is 0.191 e. The number of ether oxygens (including phenoxy) is 2. The van der Waals surface area contributed by atoms with E-state index in [0.717, 1.165) is 83.6 Å². The second kappa shape index (κ2) is 14.9. The highest BCUT2D eigenvalue weighted by molar-refractivity contribution is 14.0. The third kappa shape index (κ3) is 10.2. The van der Waals surface area contributed by atoms with Gasteiger partial charge in [0.1, 0.15) is 5.75 Å². The maximum atomic E-state index is 5.70. The molecule has 0 amide bonds. The second-order valence-electron chi connectivity index (χ2n) is 6.39. The van der Waals surface area contributed by atoms with E-state index in [1.165, 1.54) is 5.56 Å². The highest BCUT2D eigenvalue weighted by Gasteiger charge is 2.09. The van der Waals surface area contributed by atoms with Crippen LogP contribution in [0.15, 0.2) is 29.3 Å². The van der Waals surface area contributed by atoms with Crippen LogP contribution in [0.25, 0.3) is 0 Å². The van der Waals surface area contributed by atoms with Crippen molar-refractivity contribution in [2.24, 2.45) is 4.99 Å². The summed E-state index contributed by atoms with van der Waals surface area (Å²) in [6.07, 6.45) is 1.97. The Bertz CT molecular complexity index is 536. The van der Waals surface area contributed by atoms with Crippen molar-refractivity contribution in [3.05, 3.63) is 29.8 Å². The summed E-state index contributed by atoms with van der Waals surface area (Å²) in [5.41, 5.74) is 1.27. The molecule has 2 N–H and O–H groups in total. The van der Waals surface area contributed by atoms with E-state index in [1.807, 2.05) is 6.07 Å². The Morgan fingerprint density at radius 2 is 2.04 bits per heavy atom. The lowest BCUT2D eigenvalue weighted by Crippen LogP contribution is -2.40. The van der Waals surface area contributed by atoms with Gasteiger partial charge in [0.25, 0.3) is 0 Å². The van der Waals surface area contributed by atoms with Crippen LogP contribution in [-0.4, -0.2) is 69.9 Å². The summed E-state index contributed by atoms with van der Waals surface area (Å²) in [6, 6.07) is 8.34. The summed E-state index contributed by atoms with van der Waals surface area (Å²) in [4.78, 5) is 7.09. The minimum atomic E-state index is 0. The van der Waals surface area contributed by atoms with Crippen LogP contribution in [0.2, 0.25) is 0 Å². The third-order valence-corrected chi connectivity index (χ3v) is 4.21. The number of benzene rings is 1. The van der Waals surface area contributed by atoms with Gasteiger partial charge in [-0.1, -0.05) is 19.1 Å². The zero-order valence-corrected chi connectivity index (χ0v) is 19.0. The van der Waals surface area contributed by atoms with E-state index in [1.54, 1.807) is 0 Å². The molecule has 2 rings (SSSR count). The minimum Gasteiger partial charge on any atom is -0.494 e. The number of guanidine groups is 1. The number of nitrogens with zero attached hydrogens (tertiary/aromatic N) is 2. The van der Waals surface area contributed by atoms with Crippen molar-refractivity contribution >= 4 is 29.9 Å². The van der Waals surface area contributed by atoms with Crippen LogP contribution in [0.1, 0.15) is 25.8 Å². The summed E-state index contributed by atoms with van der Waals surface area (Å²) >= 11 is 0. The molecule has 0 spiro atoms. The minimum absolute atomic E-state index is 0. The summed E-state index contributed by atoms with van der Waals surface area (Å²) in [5.74, 6) is 1.84. The molecular weight excluding hydrogens is 455 g/mol. The van der Waals surface area contributed by atoms with Crippen molar-refractivity contribution in [2.75, 3.05) is 59.1 Å². The Morgan fingerprint density at radius 1 is 1.22 bits per heavy atom. The molecule has 0 bridgehead atoms. The van der Waals surface area contributed by atoms with E-state index in [0.29, 0.717) is 0 Å². The fourth-order valence-electron chi connectivity index (χ4n) is 2.81. The average molecular weight is 490 g/mol. The molecule has 0 aromatic heterocycles. The molecule has 1 aliphatic heterocycles. The van der Waals surface area contributed by atoms with Crippen LogP contribution in [-0.2, 0) is 11.2 Å². The van der Waals surface area contributed by atoms with Gasteiger partial charge in [-0.2, -0.15) is 0 Å². The number of aliphatic imine (C=N–C) groups is 1. The first kappa shape index (κ1) is 24.0. The standard InChI is InChI=1S/C20H34N4O2.HI/c1-3-14-26-19-7-5-6-18(17-19)8-9-22-20(21-4-2)23-10-11-24-12-15-25-16-13-24;/h5-7,17H,3-4,8-16H2,1-2H3,(H2,21,22,23);1H. The predicted molar refractivity (Wildman–Crippen MR) is 123 cm³/mol. The highest BCUT2D eigenvalue weighted by atomic mass is 127. The molecule has 0 aliphatic carbocycles. The molecule has 1 aromatic carbocycles. The molecule has 1 fully saturated rings. The van der Waals surface area contributed by atoms with Crippen molar-refractivity contribution in [2.45, 2.75) is 26.7 Å². The van der Waals surface area contributed by atoms with Crippen LogP contribution in [0.3, 0.4) is 0 Å². The van der Waals surface area contributed by atoms with Gasteiger partial charge in [0.2, 0.25) is 0 Å². The predicted octanol–water partition coefficient (Wildman–Crippen LogP) is 2.52. The number of nitrogens with one attached hydrogen (secondary N) is 2. The van der Waals surface area contributed by atoms with E-state index < -0.39 is 0 Å². The molecule has 1 aliphatic rings. The van der Waals surface area contributed by atoms with Crippen LogP contribution in [0, 0.1) is 0 Å². The van der Waals surface area contributed by atoms with Gasteiger partial charge in [0.05, 0.1) is 26.4 Å². The molecule has 0 atom stereocenters. The number of hydrogen-bond donors (Lipinski definition) is 2. The van der Waals surface area contributed by atoms with E-state index in [9.17, 15) is 0 Å². The Labute approximate surface area is 181 Å². The van der Waals surface area contributed by atoms with Crippen molar-refractivity contribution < 1.29 is 9.47 Å².